The van der Waals surface area contributed by atoms with E-state index in [1.54, 1.807) is 0 Å². The lowest BCUT2D eigenvalue weighted by atomic mass is 9.66. The Bertz CT molecular complexity index is 290. The molecule has 0 aromatic heterocycles. The summed E-state index contributed by atoms with van der Waals surface area (Å²) in [4.78, 5) is 11.5. The molecular weight excluding hydrogens is 178 g/mol. The van der Waals surface area contributed by atoms with Gasteiger partial charge in [-0.1, -0.05) is 13.8 Å². The van der Waals surface area contributed by atoms with E-state index in [9.17, 15) is 4.79 Å². The minimum absolute atomic E-state index is 0.142. The third kappa shape index (κ3) is 1.30. The molecule has 1 aliphatic carbocycles. The highest BCUT2D eigenvalue weighted by Crippen LogP contribution is 2.55. The molecule has 78 valence electrons. The van der Waals surface area contributed by atoms with Crippen molar-refractivity contribution in [2.75, 3.05) is 7.11 Å². The molecule has 0 amide bonds. The standard InChI is InChI=1S/C11H17NO2/c1-10(2)8(9(13)14-4)5-6-11(10,3)7-12/h8H,5-6H2,1-4H3/t8-,11+/m0/s1. The number of nitrogens with zero attached hydrogens (tertiary/aromatic N) is 1. The van der Waals surface area contributed by atoms with Crippen LogP contribution in [-0.4, -0.2) is 13.1 Å². The highest BCUT2D eigenvalue weighted by atomic mass is 16.5. The predicted octanol–water partition coefficient (Wildman–Crippen LogP) is 2.13. The van der Waals surface area contributed by atoms with E-state index < -0.39 is 5.41 Å². The monoisotopic (exact) mass is 195 g/mol. The number of hydrogen-bond acceptors (Lipinski definition) is 3. The van der Waals surface area contributed by atoms with Crippen LogP contribution in [0.15, 0.2) is 0 Å². The maximum atomic E-state index is 11.5. The molecule has 14 heavy (non-hydrogen) atoms. The number of hydrogen-bond donors (Lipinski definition) is 0. The predicted molar refractivity (Wildman–Crippen MR) is 52.2 cm³/mol. The van der Waals surface area contributed by atoms with Crippen LogP contribution >= 0.6 is 0 Å². The summed E-state index contributed by atoms with van der Waals surface area (Å²) in [5, 5.41) is 9.13. The fraction of sp³-hybridized carbons (Fsp3) is 0.818. The molecule has 0 aromatic carbocycles. The Kier molecular flexibility index (Phi) is 2.58. The van der Waals surface area contributed by atoms with Crippen LogP contribution in [0.2, 0.25) is 0 Å². The minimum atomic E-state index is -0.411. The Balaban J connectivity index is 2.99. The number of nitriles is 1. The van der Waals surface area contributed by atoms with Gasteiger partial charge >= 0.3 is 5.97 Å². The first kappa shape index (κ1) is 11.0. The van der Waals surface area contributed by atoms with Crippen molar-refractivity contribution >= 4 is 5.97 Å². The zero-order chi connectivity index (χ0) is 11.0. The van der Waals surface area contributed by atoms with Crippen LogP contribution < -0.4 is 0 Å². The molecule has 0 heterocycles. The normalized spacial score (nSPS) is 34.9. The van der Waals surface area contributed by atoms with Crippen LogP contribution in [0.1, 0.15) is 33.6 Å². The van der Waals surface area contributed by atoms with E-state index in [2.05, 4.69) is 6.07 Å². The van der Waals surface area contributed by atoms with Crippen molar-refractivity contribution in [2.45, 2.75) is 33.6 Å². The molecule has 1 saturated carbocycles. The van der Waals surface area contributed by atoms with Crippen LogP contribution in [0.3, 0.4) is 0 Å². The van der Waals surface area contributed by atoms with Crippen molar-refractivity contribution in [3.8, 4) is 6.07 Å². The van der Waals surface area contributed by atoms with Gasteiger partial charge in [0.05, 0.1) is 24.5 Å². The van der Waals surface area contributed by atoms with E-state index in [-0.39, 0.29) is 17.3 Å². The summed E-state index contributed by atoms with van der Waals surface area (Å²) in [6.45, 7) is 5.88. The van der Waals surface area contributed by atoms with Gasteiger partial charge in [0.15, 0.2) is 0 Å². The Hall–Kier alpha value is -1.04. The zero-order valence-electron chi connectivity index (χ0n) is 9.26. The Labute approximate surface area is 85.1 Å². The van der Waals surface area contributed by atoms with Gasteiger partial charge in [-0.2, -0.15) is 5.26 Å². The molecule has 1 aliphatic rings. The first-order valence-electron chi connectivity index (χ1n) is 4.88. The second-order valence-electron chi connectivity index (χ2n) is 4.78. The summed E-state index contributed by atoms with van der Waals surface area (Å²) in [7, 11) is 1.40. The second-order valence-corrected chi connectivity index (χ2v) is 4.78. The topological polar surface area (TPSA) is 50.1 Å². The molecule has 3 nitrogen and oxygen atoms in total. The maximum Gasteiger partial charge on any atom is 0.309 e. The molecule has 1 rings (SSSR count). The largest absolute Gasteiger partial charge is 0.469 e. The quantitative estimate of drug-likeness (QED) is 0.602. The van der Waals surface area contributed by atoms with Gasteiger partial charge < -0.3 is 4.74 Å². The summed E-state index contributed by atoms with van der Waals surface area (Å²) in [5.41, 5.74) is -0.708. The van der Waals surface area contributed by atoms with Crippen molar-refractivity contribution < 1.29 is 9.53 Å². The Morgan fingerprint density at radius 3 is 2.43 bits per heavy atom. The summed E-state index contributed by atoms with van der Waals surface area (Å²) in [5.74, 6) is -0.328. The minimum Gasteiger partial charge on any atom is -0.469 e. The second kappa shape index (κ2) is 3.27. The molecule has 0 aromatic rings. The molecule has 3 heteroatoms. The first-order valence-corrected chi connectivity index (χ1v) is 4.88. The van der Waals surface area contributed by atoms with Crippen molar-refractivity contribution in [3.63, 3.8) is 0 Å². The zero-order valence-corrected chi connectivity index (χ0v) is 9.26. The molecule has 0 N–H and O–H groups in total. The molecule has 1 fully saturated rings. The number of methoxy groups -OCH3 is 1. The molecule has 0 saturated heterocycles. The van der Waals surface area contributed by atoms with E-state index in [0.717, 1.165) is 12.8 Å². The van der Waals surface area contributed by atoms with Crippen LogP contribution in [0.25, 0.3) is 0 Å². The maximum absolute atomic E-state index is 11.5. The third-order valence-corrected chi connectivity index (χ3v) is 3.96. The van der Waals surface area contributed by atoms with E-state index in [4.69, 9.17) is 10.00 Å². The Morgan fingerprint density at radius 1 is 1.50 bits per heavy atom. The van der Waals surface area contributed by atoms with Gasteiger partial charge in [0.25, 0.3) is 0 Å². The van der Waals surface area contributed by atoms with Crippen LogP contribution in [-0.2, 0) is 9.53 Å². The summed E-state index contributed by atoms with van der Waals surface area (Å²) in [6, 6.07) is 2.33. The highest BCUT2D eigenvalue weighted by molar-refractivity contribution is 5.74. The van der Waals surface area contributed by atoms with E-state index >= 15 is 0 Å². The fourth-order valence-corrected chi connectivity index (χ4v) is 2.26. The molecule has 0 unspecified atom stereocenters. The number of ether oxygens (including phenoxy) is 1. The summed E-state index contributed by atoms with van der Waals surface area (Å²) < 4.78 is 4.76. The number of esters is 1. The highest BCUT2D eigenvalue weighted by Gasteiger charge is 2.55. The Morgan fingerprint density at radius 2 is 2.07 bits per heavy atom. The van der Waals surface area contributed by atoms with E-state index in [0.29, 0.717) is 0 Å². The van der Waals surface area contributed by atoms with Crippen molar-refractivity contribution in [2.24, 2.45) is 16.7 Å². The van der Waals surface area contributed by atoms with Gasteiger partial charge in [0, 0.05) is 0 Å². The molecule has 0 bridgehead atoms. The number of rotatable bonds is 1. The van der Waals surface area contributed by atoms with Gasteiger partial charge in [-0.25, -0.2) is 0 Å². The molecule has 2 atom stereocenters. The molecule has 0 aliphatic heterocycles. The lowest BCUT2D eigenvalue weighted by Crippen LogP contribution is -2.36. The van der Waals surface area contributed by atoms with Gasteiger partial charge in [-0.05, 0) is 25.2 Å². The molecule has 0 spiro atoms. The van der Waals surface area contributed by atoms with Crippen molar-refractivity contribution in [1.82, 2.24) is 0 Å². The number of carbonyl (C=O) groups excluding carboxylic acids is 1. The van der Waals surface area contributed by atoms with Crippen LogP contribution in [0.4, 0.5) is 0 Å². The summed E-state index contributed by atoms with van der Waals surface area (Å²) >= 11 is 0. The first-order chi connectivity index (χ1) is 6.39. The van der Waals surface area contributed by atoms with E-state index in [1.165, 1.54) is 7.11 Å². The smallest absolute Gasteiger partial charge is 0.309 e. The average Bonchev–Trinajstić information content (AvgIpc) is 2.38. The van der Waals surface area contributed by atoms with Gasteiger partial charge in [0.1, 0.15) is 0 Å². The molecule has 0 radical (unpaired) electrons. The van der Waals surface area contributed by atoms with Gasteiger partial charge in [-0.3, -0.25) is 4.79 Å². The van der Waals surface area contributed by atoms with Crippen molar-refractivity contribution in [1.29, 1.82) is 5.26 Å². The SMILES string of the molecule is COC(=O)[C@@H]1CC[C@](C)(C#N)C1(C)C. The van der Waals surface area contributed by atoms with Crippen LogP contribution in [0.5, 0.6) is 0 Å². The lowest BCUT2D eigenvalue weighted by molar-refractivity contribution is -0.149. The summed E-state index contributed by atoms with van der Waals surface area (Å²) in [6.07, 6.45) is 1.53. The third-order valence-electron chi connectivity index (χ3n) is 3.96. The average molecular weight is 195 g/mol. The van der Waals surface area contributed by atoms with Gasteiger partial charge in [-0.15, -0.1) is 0 Å². The number of carbonyl (C=O) groups is 1. The van der Waals surface area contributed by atoms with Crippen LogP contribution in [0, 0.1) is 28.1 Å². The van der Waals surface area contributed by atoms with E-state index in [1.807, 2.05) is 20.8 Å². The lowest BCUT2D eigenvalue weighted by Gasteiger charge is -2.35. The molecular formula is C11H17NO2. The van der Waals surface area contributed by atoms with Gasteiger partial charge in [0.2, 0.25) is 0 Å². The van der Waals surface area contributed by atoms with Crippen molar-refractivity contribution in [3.05, 3.63) is 0 Å². The fourth-order valence-electron chi connectivity index (χ4n) is 2.26.